The number of ether oxygens (including phenoxy) is 2. The zero-order valence-electron chi connectivity index (χ0n) is 8.69. The van der Waals surface area contributed by atoms with Gasteiger partial charge in [-0.25, -0.2) is 0 Å². The first-order valence-electron chi connectivity index (χ1n) is 4.44. The molecule has 0 heterocycles. The number of hydrogen-bond acceptors (Lipinski definition) is 4. The molecular formula is C10H14N2O3. The summed E-state index contributed by atoms with van der Waals surface area (Å²) in [5.41, 5.74) is 11.2. The molecule has 1 aromatic carbocycles. The van der Waals surface area contributed by atoms with Gasteiger partial charge in [0.25, 0.3) is 5.91 Å². The first kappa shape index (κ1) is 11.2. The van der Waals surface area contributed by atoms with Crippen LogP contribution in [0.25, 0.3) is 0 Å². The largest absolute Gasteiger partial charge is 0.495 e. The minimum Gasteiger partial charge on any atom is -0.495 e. The van der Waals surface area contributed by atoms with Crippen molar-refractivity contribution in [2.24, 2.45) is 5.73 Å². The number of primary amides is 1. The van der Waals surface area contributed by atoms with Crippen molar-refractivity contribution in [1.29, 1.82) is 0 Å². The van der Waals surface area contributed by atoms with Gasteiger partial charge in [-0.15, -0.1) is 0 Å². The number of carbonyl (C=O) groups is 1. The maximum Gasteiger partial charge on any atom is 0.258 e. The Balaban J connectivity index is 2.79. The summed E-state index contributed by atoms with van der Waals surface area (Å²) >= 11 is 0. The fourth-order valence-corrected chi connectivity index (χ4v) is 1.05. The number of carbonyl (C=O) groups excluding carboxylic acids is 1. The van der Waals surface area contributed by atoms with E-state index in [4.69, 9.17) is 20.9 Å². The number of benzene rings is 1. The molecule has 0 saturated carbocycles. The van der Waals surface area contributed by atoms with Crippen LogP contribution in [0.5, 0.6) is 11.5 Å². The normalized spacial score (nSPS) is 11.9. The van der Waals surface area contributed by atoms with Crippen LogP contribution >= 0.6 is 0 Å². The minimum absolute atomic E-state index is 0.451. The maximum atomic E-state index is 10.8. The molecule has 0 saturated heterocycles. The van der Waals surface area contributed by atoms with Crippen LogP contribution in [0.2, 0.25) is 0 Å². The molecule has 15 heavy (non-hydrogen) atoms. The highest BCUT2D eigenvalue weighted by molar-refractivity contribution is 5.78. The average Bonchev–Trinajstić information content (AvgIpc) is 2.18. The van der Waals surface area contributed by atoms with Gasteiger partial charge in [-0.3, -0.25) is 4.79 Å². The molecule has 5 heteroatoms. The van der Waals surface area contributed by atoms with Gasteiger partial charge in [0.05, 0.1) is 12.8 Å². The SMILES string of the molecule is COc1ccc(OC(C)C(N)=O)cc1N. The number of nitrogens with two attached hydrogens (primary N) is 2. The number of rotatable bonds is 4. The zero-order valence-corrected chi connectivity index (χ0v) is 8.69. The van der Waals surface area contributed by atoms with E-state index in [9.17, 15) is 4.79 Å². The average molecular weight is 210 g/mol. The van der Waals surface area contributed by atoms with Gasteiger partial charge in [0, 0.05) is 6.07 Å². The second kappa shape index (κ2) is 4.54. The Bertz CT molecular complexity index is 366. The molecule has 5 nitrogen and oxygen atoms in total. The number of hydrogen-bond donors (Lipinski definition) is 2. The van der Waals surface area contributed by atoms with Crippen molar-refractivity contribution in [3.63, 3.8) is 0 Å². The Morgan fingerprint density at radius 3 is 2.60 bits per heavy atom. The highest BCUT2D eigenvalue weighted by atomic mass is 16.5. The first-order chi connectivity index (χ1) is 7.04. The number of methoxy groups -OCH3 is 1. The summed E-state index contributed by atoms with van der Waals surface area (Å²) in [7, 11) is 1.53. The summed E-state index contributed by atoms with van der Waals surface area (Å²) in [4.78, 5) is 10.8. The van der Waals surface area contributed by atoms with Gasteiger partial charge in [-0.05, 0) is 19.1 Å². The molecule has 0 spiro atoms. The number of nitrogen functional groups attached to an aromatic ring is 1. The van der Waals surface area contributed by atoms with Crippen LogP contribution in [-0.2, 0) is 4.79 Å². The Morgan fingerprint density at radius 1 is 1.47 bits per heavy atom. The van der Waals surface area contributed by atoms with Crippen molar-refractivity contribution >= 4 is 11.6 Å². The van der Waals surface area contributed by atoms with Crippen LogP contribution in [-0.4, -0.2) is 19.1 Å². The van der Waals surface area contributed by atoms with Gasteiger partial charge in [-0.2, -0.15) is 0 Å². The van der Waals surface area contributed by atoms with Crippen molar-refractivity contribution in [2.45, 2.75) is 13.0 Å². The lowest BCUT2D eigenvalue weighted by molar-refractivity contribution is -0.123. The van der Waals surface area contributed by atoms with Crippen molar-refractivity contribution in [3.05, 3.63) is 18.2 Å². The predicted octanol–water partition coefficient (Wildman–Crippen LogP) is 0.530. The molecule has 1 rings (SSSR count). The smallest absolute Gasteiger partial charge is 0.258 e. The standard InChI is InChI=1S/C10H14N2O3/c1-6(10(12)13)15-7-3-4-9(14-2)8(11)5-7/h3-6H,11H2,1-2H3,(H2,12,13). The fraction of sp³-hybridized carbons (Fsp3) is 0.300. The van der Waals surface area contributed by atoms with Crippen molar-refractivity contribution in [3.8, 4) is 11.5 Å². The molecule has 1 atom stereocenters. The van der Waals surface area contributed by atoms with E-state index in [1.165, 1.54) is 7.11 Å². The number of anilines is 1. The third-order valence-electron chi connectivity index (χ3n) is 1.91. The third-order valence-corrected chi connectivity index (χ3v) is 1.91. The van der Waals surface area contributed by atoms with E-state index in [1.807, 2.05) is 0 Å². The van der Waals surface area contributed by atoms with Crippen molar-refractivity contribution < 1.29 is 14.3 Å². The highest BCUT2D eigenvalue weighted by Gasteiger charge is 2.10. The fourth-order valence-electron chi connectivity index (χ4n) is 1.05. The predicted molar refractivity (Wildman–Crippen MR) is 56.7 cm³/mol. The second-order valence-electron chi connectivity index (χ2n) is 3.07. The van der Waals surface area contributed by atoms with Crippen LogP contribution in [0, 0.1) is 0 Å². The van der Waals surface area contributed by atoms with E-state index in [-0.39, 0.29) is 0 Å². The second-order valence-corrected chi connectivity index (χ2v) is 3.07. The summed E-state index contributed by atoms with van der Waals surface area (Å²) in [6, 6.07) is 4.91. The molecule has 0 aromatic heterocycles. The van der Waals surface area contributed by atoms with E-state index in [1.54, 1.807) is 25.1 Å². The zero-order chi connectivity index (χ0) is 11.4. The van der Waals surface area contributed by atoms with Crippen LogP contribution < -0.4 is 20.9 Å². The molecule has 0 radical (unpaired) electrons. The molecule has 0 aliphatic rings. The molecule has 1 amide bonds. The van der Waals surface area contributed by atoms with Crippen molar-refractivity contribution in [2.75, 3.05) is 12.8 Å². The lowest BCUT2D eigenvalue weighted by Crippen LogP contribution is -2.30. The lowest BCUT2D eigenvalue weighted by atomic mass is 10.2. The van der Waals surface area contributed by atoms with Gasteiger partial charge >= 0.3 is 0 Å². The molecule has 0 aliphatic heterocycles. The molecule has 4 N–H and O–H groups in total. The molecule has 1 aromatic rings. The van der Waals surface area contributed by atoms with Crippen LogP contribution in [0.4, 0.5) is 5.69 Å². The minimum atomic E-state index is -0.683. The third kappa shape index (κ3) is 2.77. The summed E-state index contributed by atoms with van der Waals surface area (Å²) in [5.74, 6) is 0.526. The van der Waals surface area contributed by atoms with Crippen LogP contribution in [0.1, 0.15) is 6.92 Å². The molecule has 1 unspecified atom stereocenters. The maximum absolute atomic E-state index is 10.8. The summed E-state index contributed by atoms with van der Waals surface area (Å²) in [5, 5.41) is 0. The summed E-state index contributed by atoms with van der Waals surface area (Å²) < 4.78 is 10.2. The number of amides is 1. The van der Waals surface area contributed by atoms with E-state index in [0.29, 0.717) is 17.2 Å². The Labute approximate surface area is 88.0 Å². The Kier molecular flexibility index (Phi) is 3.38. The molecular weight excluding hydrogens is 196 g/mol. The van der Waals surface area contributed by atoms with E-state index >= 15 is 0 Å². The Morgan fingerprint density at radius 2 is 2.13 bits per heavy atom. The lowest BCUT2D eigenvalue weighted by Gasteiger charge is -2.12. The van der Waals surface area contributed by atoms with E-state index in [2.05, 4.69) is 0 Å². The molecule has 0 fully saturated rings. The topological polar surface area (TPSA) is 87.6 Å². The quantitative estimate of drug-likeness (QED) is 0.709. The van der Waals surface area contributed by atoms with E-state index < -0.39 is 12.0 Å². The molecule has 0 bridgehead atoms. The van der Waals surface area contributed by atoms with Gasteiger partial charge in [0.1, 0.15) is 11.5 Å². The van der Waals surface area contributed by atoms with Crippen LogP contribution in [0.15, 0.2) is 18.2 Å². The first-order valence-corrected chi connectivity index (χ1v) is 4.44. The van der Waals surface area contributed by atoms with Gasteiger partial charge < -0.3 is 20.9 Å². The van der Waals surface area contributed by atoms with E-state index in [0.717, 1.165) is 0 Å². The van der Waals surface area contributed by atoms with Gasteiger partial charge in [0.15, 0.2) is 6.10 Å². The van der Waals surface area contributed by atoms with Gasteiger partial charge in [-0.1, -0.05) is 0 Å². The summed E-state index contributed by atoms with van der Waals surface area (Å²) in [6.07, 6.45) is -0.683. The van der Waals surface area contributed by atoms with Crippen LogP contribution in [0.3, 0.4) is 0 Å². The van der Waals surface area contributed by atoms with Gasteiger partial charge in [0.2, 0.25) is 0 Å². The van der Waals surface area contributed by atoms with Crippen molar-refractivity contribution in [1.82, 2.24) is 0 Å². The Hall–Kier alpha value is -1.91. The molecule has 0 aliphatic carbocycles. The monoisotopic (exact) mass is 210 g/mol. The highest BCUT2D eigenvalue weighted by Crippen LogP contribution is 2.26. The summed E-state index contributed by atoms with van der Waals surface area (Å²) in [6.45, 7) is 1.57. The molecule has 82 valence electrons.